The van der Waals surface area contributed by atoms with Crippen LogP contribution in [0.15, 0.2) is 46.5 Å². The van der Waals surface area contributed by atoms with Gasteiger partial charge < -0.3 is 0 Å². The Balaban J connectivity index is 2.27. The topological polar surface area (TPSA) is 101 Å². The third kappa shape index (κ3) is 3.12. The lowest BCUT2D eigenvalue weighted by molar-refractivity contribution is 0.602. The highest BCUT2D eigenvalue weighted by Crippen LogP contribution is 2.13. The first-order chi connectivity index (χ1) is 9.00. The van der Waals surface area contributed by atoms with Crippen molar-refractivity contribution in [1.29, 1.82) is 0 Å². The molecule has 0 radical (unpaired) electrons. The smallest absolute Gasteiger partial charge is 0.175 e. The molecule has 1 aromatic carbocycles. The Morgan fingerprint density at radius 2 is 2.00 bits per heavy atom. The molecule has 0 saturated heterocycles. The van der Waals surface area contributed by atoms with Crippen molar-refractivity contribution in [2.75, 3.05) is 6.26 Å². The van der Waals surface area contributed by atoms with E-state index < -0.39 is 9.84 Å². The normalized spacial score (nSPS) is 11.0. The summed E-state index contributed by atoms with van der Waals surface area (Å²) in [6.07, 6.45) is 2.88. The molecule has 8 heteroatoms. The SMILES string of the molecule is CS(=O)(=O)c1ccc(-n2ccc(CN=[N+]=[N-])n2)cc1. The number of rotatable bonds is 4. The summed E-state index contributed by atoms with van der Waals surface area (Å²) >= 11 is 0. The van der Waals surface area contributed by atoms with Crippen molar-refractivity contribution >= 4 is 9.84 Å². The second kappa shape index (κ2) is 5.13. The van der Waals surface area contributed by atoms with Crippen molar-refractivity contribution in [3.05, 3.63) is 52.7 Å². The fourth-order valence-electron chi connectivity index (χ4n) is 1.54. The standard InChI is InChI=1S/C11H11N5O2S/c1-19(17,18)11-4-2-10(3-5-11)16-7-6-9(14-16)8-13-15-12/h2-7H,8H2,1H3. The predicted octanol–water partition coefficient (Wildman–Crippen LogP) is 2.09. The molecular weight excluding hydrogens is 266 g/mol. The molecule has 0 aliphatic carbocycles. The van der Waals surface area contributed by atoms with Crippen molar-refractivity contribution < 1.29 is 8.42 Å². The highest BCUT2D eigenvalue weighted by Gasteiger charge is 2.07. The van der Waals surface area contributed by atoms with E-state index in [9.17, 15) is 8.42 Å². The summed E-state index contributed by atoms with van der Waals surface area (Å²) in [6.45, 7) is 0.185. The van der Waals surface area contributed by atoms with Gasteiger partial charge >= 0.3 is 0 Å². The lowest BCUT2D eigenvalue weighted by atomic mass is 10.3. The van der Waals surface area contributed by atoms with E-state index in [-0.39, 0.29) is 11.4 Å². The number of nitrogens with zero attached hydrogens (tertiary/aromatic N) is 5. The van der Waals surface area contributed by atoms with Crippen molar-refractivity contribution in [2.45, 2.75) is 11.4 Å². The van der Waals surface area contributed by atoms with Crippen LogP contribution in [-0.4, -0.2) is 24.5 Å². The predicted molar refractivity (Wildman–Crippen MR) is 69.5 cm³/mol. The van der Waals surface area contributed by atoms with E-state index in [1.807, 2.05) is 0 Å². The van der Waals surface area contributed by atoms with E-state index in [1.54, 1.807) is 29.1 Å². The Kier molecular flexibility index (Phi) is 3.55. The van der Waals surface area contributed by atoms with Crippen LogP contribution < -0.4 is 0 Å². The van der Waals surface area contributed by atoms with Crippen LogP contribution in [0.4, 0.5) is 0 Å². The van der Waals surface area contributed by atoms with Crippen LogP contribution in [-0.2, 0) is 16.4 Å². The molecule has 7 nitrogen and oxygen atoms in total. The Morgan fingerprint density at radius 3 is 2.58 bits per heavy atom. The average Bonchev–Trinajstić information content (AvgIpc) is 2.84. The number of benzene rings is 1. The van der Waals surface area contributed by atoms with Crippen molar-refractivity contribution in [3.63, 3.8) is 0 Å². The van der Waals surface area contributed by atoms with Gasteiger partial charge in [-0.2, -0.15) is 5.10 Å². The molecule has 0 atom stereocenters. The fourth-order valence-corrected chi connectivity index (χ4v) is 2.17. The fraction of sp³-hybridized carbons (Fsp3) is 0.182. The van der Waals surface area contributed by atoms with Gasteiger partial charge in [-0.3, -0.25) is 0 Å². The Bertz CT molecular complexity index is 727. The van der Waals surface area contributed by atoms with Gasteiger partial charge in [0, 0.05) is 17.4 Å². The molecule has 0 aliphatic rings. The van der Waals surface area contributed by atoms with Crippen LogP contribution in [0.1, 0.15) is 5.69 Å². The molecule has 0 saturated carbocycles. The van der Waals surface area contributed by atoms with Gasteiger partial charge in [-0.05, 0) is 35.9 Å². The minimum absolute atomic E-state index is 0.185. The summed E-state index contributed by atoms with van der Waals surface area (Å²) in [4.78, 5) is 2.92. The maximum absolute atomic E-state index is 11.3. The zero-order chi connectivity index (χ0) is 13.9. The summed E-state index contributed by atoms with van der Waals surface area (Å²) in [5, 5.41) is 7.63. The zero-order valence-corrected chi connectivity index (χ0v) is 10.9. The van der Waals surface area contributed by atoms with Crippen molar-refractivity contribution in [2.24, 2.45) is 5.11 Å². The van der Waals surface area contributed by atoms with Gasteiger partial charge in [-0.15, -0.1) is 0 Å². The minimum atomic E-state index is -3.19. The van der Waals surface area contributed by atoms with Crippen molar-refractivity contribution in [3.8, 4) is 5.69 Å². The Hall–Kier alpha value is -2.31. The molecule has 0 fully saturated rings. The first kappa shape index (κ1) is 13.1. The Labute approximate surface area is 110 Å². The molecule has 1 heterocycles. The summed E-state index contributed by atoms with van der Waals surface area (Å²) in [5.41, 5.74) is 9.60. The first-order valence-electron chi connectivity index (χ1n) is 5.36. The second-order valence-electron chi connectivity index (χ2n) is 3.91. The van der Waals surface area contributed by atoms with Gasteiger partial charge in [0.25, 0.3) is 0 Å². The first-order valence-corrected chi connectivity index (χ1v) is 7.26. The lowest BCUT2D eigenvalue weighted by Crippen LogP contribution is -1.99. The molecule has 0 aliphatic heterocycles. The van der Waals surface area contributed by atoms with Crippen LogP contribution in [0.2, 0.25) is 0 Å². The van der Waals surface area contributed by atoms with Crippen LogP contribution in [0.25, 0.3) is 16.1 Å². The second-order valence-corrected chi connectivity index (χ2v) is 5.92. The summed E-state index contributed by atoms with van der Waals surface area (Å²) in [5.74, 6) is 0. The zero-order valence-electron chi connectivity index (χ0n) is 10.1. The third-order valence-corrected chi connectivity index (χ3v) is 3.60. The molecule has 0 spiro atoms. The molecule has 0 amide bonds. The highest BCUT2D eigenvalue weighted by atomic mass is 32.2. The van der Waals surface area contributed by atoms with Crippen LogP contribution in [0.3, 0.4) is 0 Å². The number of hydrogen-bond acceptors (Lipinski definition) is 4. The molecular formula is C11H11N5O2S. The number of sulfone groups is 1. The molecule has 19 heavy (non-hydrogen) atoms. The molecule has 2 aromatic rings. The van der Waals surface area contributed by atoms with Crippen molar-refractivity contribution in [1.82, 2.24) is 9.78 Å². The van der Waals surface area contributed by atoms with Gasteiger partial charge in [0.05, 0.1) is 22.8 Å². The third-order valence-electron chi connectivity index (χ3n) is 2.47. The number of aromatic nitrogens is 2. The number of azide groups is 1. The Morgan fingerprint density at radius 1 is 1.32 bits per heavy atom. The molecule has 1 aromatic heterocycles. The maximum Gasteiger partial charge on any atom is 0.175 e. The van der Waals surface area contributed by atoms with E-state index >= 15 is 0 Å². The highest BCUT2D eigenvalue weighted by molar-refractivity contribution is 7.90. The van der Waals surface area contributed by atoms with Gasteiger partial charge in [-0.1, -0.05) is 5.11 Å². The van der Waals surface area contributed by atoms with Gasteiger partial charge in [0.15, 0.2) is 9.84 Å². The molecule has 98 valence electrons. The number of hydrogen-bond donors (Lipinski definition) is 0. The average molecular weight is 277 g/mol. The quantitative estimate of drug-likeness (QED) is 0.485. The van der Waals surface area contributed by atoms with E-state index in [4.69, 9.17) is 5.53 Å². The minimum Gasteiger partial charge on any atom is -0.241 e. The molecule has 0 bridgehead atoms. The van der Waals surface area contributed by atoms with Gasteiger partial charge in [0.1, 0.15) is 0 Å². The molecule has 0 unspecified atom stereocenters. The molecule has 0 N–H and O–H groups in total. The van der Waals surface area contributed by atoms with E-state index in [1.165, 1.54) is 12.1 Å². The lowest BCUT2D eigenvalue weighted by Gasteiger charge is -2.02. The van der Waals surface area contributed by atoms with Crippen LogP contribution in [0, 0.1) is 0 Å². The monoisotopic (exact) mass is 277 g/mol. The van der Waals surface area contributed by atoms with Gasteiger partial charge in [0.2, 0.25) is 0 Å². The van der Waals surface area contributed by atoms with E-state index in [2.05, 4.69) is 15.1 Å². The summed E-state index contributed by atoms with van der Waals surface area (Å²) in [6, 6.07) is 8.12. The van der Waals surface area contributed by atoms with Crippen LogP contribution >= 0.6 is 0 Å². The summed E-state index contributed by atoms with van der Waals surface area (Å²) < 4.78 is 24.3. The largest absolute Gasteiger partial charge is 0.241 e. The van der Waals surface area contributed by atoms with Gasteiger partial charge in [-0.25, -0.2) is 13.1 Å². The maximum atomic E-state index is 11.3. The van der Waals surface area contributed by atoms with Crippen LogP contribution in [0.5, 0.6) is 0 Å². The molecule has 2 rings (SSSR count). The summed E-state index contributed by atoms with van der Waals surface area (Å²) in [7, 11) is -3.19. The van der Waals surface area contributed by atoms with E-state index in [0.29, 0.717) is 5.69 Å². The van der Waals surface area contributed by atoms with E-state index in [0.717, 1.165) is 11.9 Å².